The van der Waals surface area contributed by atoms with E-state index in [0.29, 0.717) is 23.3 Å². The second-order valence-electron chi connectivity index (χ2n) is 5.64. The Hall–Kier alpha value is -0.720. The van der Waals surface area contributed by atoms with Crippen molar-refractivity contribution in [1.29, 1.82) is 0 Å². The van der Waals surface area contributed by atoms with Crippen molar-refractivity contribution in [1.82, 2.24) is 19.2 Å². The van der Waals surface area contributed by atoms with Crippen molar-refractivity contribution in [3.8, 4) is 0 Å². The molecule has 1 aromatic rings. The van der Waals surface area contributed by atoms with Gasteiger partial charge in [-0.15, -0.1) is 0 Å². The first kappa shape index (κ1) is 14.7. The van der Waals surface area contributed by atoms with Gasteiger partial charge >= 0.3 is 0 Å². The number of aromatic nitrogens is 3. The maximum Gasteiger partial charge on any atom is 0.198 e. The molecule has 108 valence electrons. The molecule has 1 fully saturated rings. The third-order valence-corrected chi connectivity index (χ3v) is 4.75. The SMILES string of the molecule is CC1CCCCC1N(C)Cn1nc(CO)n(C)c1=S. The normalized spacial score (nSPS) is 24.1. The first-order valence-electron chi connectivity index (χ1n) is 6.98. The van der Waals surface area contributed by atoms with Crippen LogP contribution in [0.15, 0.2) is 0 Å². The van der Waals surface area contributed by atoms with Gasteiger partial charge in [-0.1, -0.05) is 19.8 Å². The average molecular weight is 284 g/mol. The largest absolute Gasteiger partial charge is 0.388 e. The van der Waals surface area contributed by atoms with E-state index in [4.69, 9.17) is 12.2 Å². The van der Waals surface area contributed by atoms with E-state index in [-0.39, 0.29) is 6.61 Å². The Morgan fingerprint density at radius 3 is 2.68 bits per heavy atom. The van der Waals surface area contributed by atoms with Gasteiger partial charge in [0, 0.05) is 13.1 Å². The monoisotopic (exact) mass is 284 g/mol. The van der Waals surface area contributed by atoms with Gasteiger partial charge in [-0.2, -0.15) is 5.10 Å². The summed E-state index contributed by atoms with van der Waals surface area (Å²) in [7, 11) is 3.99. The summed E-state index contributed by atoms with van der Waals surface area (Å²) in [5, 5.41) is 13.6. The zero-order valence-corrected chi connectivity index (χ0v) is 12.9. The fourth-order valence-electron chi connectivity index (χ4n) is 3.03. The van der Waals surface area contributed by atoms with E-state index in [9.17, 15) is 5.11 Å². The number of hydrogen-bond donors (Lipinski definition) is 1. The minimum absolute atomic E-state index is 0.0727. The standard InChI is InChI=1S/C13H24N4OS/c1-10-6-4-5-7-11(10)15(2)9-17-13(19)16(3)12(8-18)14-17/h10-11,18H,4-9H2,1-3H3. The lowest BCUT2D eigenvalue weighted by molar-refractivity contribution is 0.103. The van der Waals surface area contributed by atoms with E-state index in [1.807, 2.05) is 11.7 Å². The Bertz CT molecular complexity index is 481. The smallest absolute Gasteiger partial charge is 0.198 e. The van der Waals surface area contributed by atoms with Gasteiger partial charge in [-0.25, -0.2) is 4.68 Å². The number of rotatable bonds is 4. The molecule has 1 N–H and O–H groups in total. The van der Waals surface area contributed by atoms with E-state index >= 15 is 0 Å². The van der Waals surface area contributed by atoms with Crippen LogP contribution < -0.4 is 0 Å². The number of aliphatic hydroxyl groups is 1. The van der Waals surface area contributed by atoms with E-state index in [2.05, 4.69) is 24.0 Å². The molecule has 0 aliphatic heterocycles. The molecule has 0 aromatic carbocycles. The van der Waals surface area contributed by atoms with E-state index in [0.717, 1.165) is 5.92 Å². The molecule has 0 spiro atoms. The van der Waals surface area contributed by atoms with E-state index in [1.165, 1.54) is 25.7 Å². The maximum absolute atomic E-state index is 9.22. The zero-order chi connectivity index (χ0) is 14.0. The molecular weight excluding hydrogens is 260 g/mol. The summed E-state index contributed by atoms with van der Waals surface area (Å²) in [6, 6.07) is 0.607. The Morgan fingerprint density at radius 2 is 2.11 bits per heavy atom. The van der Waals surface area contributed by atoms with Crippen molar-refractivity contribution in [2.75, 3.05) is 7.05 Å². The average Bonchev–Trinajstić information content (AvgIpc) is 2.67. The van der Waals surface area contributed by atoms with Gasteiger partial charge in [0.1, 0.15) is 6.61 Å². The lowest BCUT2D eigenvalue weighted by Crippen LogP contribution is -2.40. The highest BCUT2D eigenvalue weighted by Crippen LogP contribution is 2.27. The van der Waals surface area contributed by atoms with Crippen LogP contribution in [0.25, 0.3) is 0 Å². The lowest BCUT2D eigenvalue weighted by Gasteiger charge is -2.36. The van der Waals surface area contributed by atoms with Gasteiger partial charge in [-0.3, -0.25) is 4.90 Å². The number of aliphatic hydroxyl groups excluding tert-OH is 1. The van der Waals surface area contributed by atoms with Crippen molar-refractivity contribution < 1.29 is 5.11 Å². The van der Waals surface area contributed by atoms with Crippen LogP contribution in [0.2, 0.25) is 0 Å². The molecule has 1 heterocycles. The number of hydrogen-bond acceptors (Lipinski definition) is 4. The Kier molecular flexibility index (Phi) is 4.76. The molecule has 0 bridgehead atoms. The first-order chi connectivity index (χ1) is 9.04. The lowest BCUT2D eigenvalue weighted by atomic mass is 9.85. The molecule has 2 unspecified atom stereocenters. The van der Waals surface area contributed by atoms with Gasteiger partial charge in [0.25, 0.3) is 0 Å². The van der Waals surface area contributed by atoms with E-state index in [1.54, 1.807) is 4.57 Å². The molecule has 1 saturated carbocycles. The highest BCUT2D eigenvalue weighted by atomic mass is 32.1. The van der Waals surface area contributed by atoms with Crippen LogP contribution in [-0.2, 0) is 20.3 Å². The highest BCUT2D eigenvalue weighted by Gasteiger charge is 2.25. The first-order valence-corrected chi connectivity index (χ1v) is 7.39. The molecule has 1 aromatic heterocycles. The summed E-state index contributed by atoms with van der Waals surface area (Å²) in [5.74, 6) is 1.35. The van der Waals surface area contributed by atoms with Crippen molar-refractivity contribution >= 4 is 12.2 Å². The van der Waals surface area contributed by atoms with Crippen LogP contribution in [0.5, 0.6) is 0 Å². The van der Waals surface area contributed by atoms with Crippen LogP contribution in [-0.4, -0.2) is 37.4 Å². The van der Waals surface area contributed by atoms with Crippen molar-refractivity contribution in [2.45, 2.75) is 51.9 Å². The van der Waals surface area contributed by atoms with Crippen molar-refractivity contribution in [2.24, 2.45) is 13.0 Å². The third-order valence-electron chi connectivity index (χ3n) is 4.26. The number of nitrogens with zero attached hydrogens (tertiary/aromatic N) is 4. The van der Waals surface area contributed by atoms with E-state index < -0.39 is 0 Å². The minimum atomic E-state index is -0.0727. The van der Waals surface area contributed by atoms with Crippen LogP contribution in [0.1, 0.15) is 38.4 Å². The van der Waals surface area contributed by atoms with Crippen molar-refractivity contribution in [3.05, 3.63) is 10.6 Å². The second-order valence-corrected chi connectivity index (χ2v) is 6.01. The van der Waals surface area contributed by atoms with Gasteiger partial charge in [-0.05, 0) is 38.0 Å². The Labute approximate surface area is 119 Å². The summed E-state index contributed by atoms with van der Waals surface area (Å²) < 4.78 is 4.25. The zero-order valence-electron chi connectivity index (χ0n) is 12.0. The Morgan fingerprint density at radius 1 is 1.42 bits per heavy atom. The fraction of sp³-hybridized carbons (Fsp3) is 0.846. The quantitative estimate of drug-likeness (QED) is 0.858. The summed E-state index contributed by atoms with van der Waals surface area (Å²) in [6.07, 6.45) is 5.23. The second kappa shape index (κ2) is 6.15. The fourth-order valence-corrected chi connectivity index (χ4v) is 3.23. The predicted molar refractivity (Wildman–Crippen MR) is 77.1 cm³/mol. The van der Waals surface area contributed by atoms with Gasteiger partial charge in [0.15, 0.2) is 10.6 Å². The molecule has 0 radical (unpaired) electrons. The molecule has 5 nitrogen and oxygen atoms in total. The highest BCUT2D eigenvalue weighted by molar-refractivity contribution is 7.71. The van der Waals surface area contributed by atoms with Crippen LogP contribution in [0.4, 0.5) is 0 Å². The van der Waals surface area contributed by atoms with Gasteiger partial charge < -0.3 is 9.67 Å². The molecule has 6 heteroatoms. The predicted octanol–water partition coefficient (Wildman–Crippen LogP) is 1.91. The van der Waals surface area contributed by atoms with Crippen LogP contribution in [0, 0.1) is 10.7 Å². The molecule has 19 heavy (non-hydrogen) atoms. The summed E-state index contributed by atoms with van der Waals surface area (Å²) in [4.78, 5) is 2.34. The molecule has 1 aliphatic rings. The molecule has 0 amide bonds. The van der Waals surface area contributed by atoms with Gasteiger partial charge in [0.2, 0.25) is 0 Å². The van der Waals surface area contributed by atoms with Crippen LogP contribution >= 0.6 is 12.2 Å². The summed E-state index contributed by atoms with van der Waals surface area (Å²) in [5.41, 5.74) is 0. The molecule has 0 saturated heterocycles. The topological polar surface area (TPSA) is 46.2 Å². The molecule has 1 aliphatic carbocycles. The van der Waals surface area contributed by atoms with Crippen molar-refractivity contribution in [3.63, 3.8) is 0 Å². The minimum Gasteiger partial charge on any atom is -0.388 e. The maximum atomic E-state index is 9.22. The molecular formula is C13H24N4OS. The van der Waals surface area contributed by atoms with Gasteiger partial charge in [0.05, 0.1) is 6.67 Å². The third kappa shape index (κ3) is 3.07. The summed E-state index contributed by atoms with van der Waals surface area (Å²) >= 11 is 5.36. The Balaban J connectivity index is 2.10. The van der Waals surface area contributed by atoms with Crippen LogP contribution in [0.3, 0.4) is 0 Å². The summed E-state index contributed by atoms with van der Waals surface area (Å²) in [6.45, 7) is 2.95. The molecule has 2 atom stereocenters. The molecule has 2 rings (SSSR count).